The summed E-state index contributed by atoms with van der Waals surface area (Å²) < 4.78 is 15.3. The van der Waals surface area contributed by atoms with E-state index in [1.807, 2.05) is 66.3 Å². The summed E-state index contributed by atoms with van der Waals surface area (Å²) >= 11 is 0. The number of hydrogen-bond donors (Lipinski definition) is 2. The second-order valence-electron chi connectivity index (χ2n) is 7.94. The number of halogens is 1. The Bertz CT molecular complexity index is 1430. The molecule has 2 N–H and O–H groups in total. The molecule has 0 atom stereocenters. The van der Waals surface area contributed by atoms with Crippen LogP contribution in [0.2, 0.25) is 0 Å². The SMILES string of the molecule is Cn1cnc(CCNC(=O)c2cccc(-c3ccc(-c4nc5ccc(F)cc5[nH]4)cc3)c2)c1. The second kappa shape index (κ2) is 8.70. The molecule has 2 heterocycles. The van der Waals surface area contributed by atoms with E-state index in [2.05, 4.69) is 20.3 Å². The molecule has 1 amide bonds. The molecular weight excluding hydrogens is 417 g/mol. The first-order valence-corrected chi connectivity index (χ1v) is 10.7. The number of rotatable bonds is 6. The van der Waals surface area contributed by atoms with E-state index < -0.39 is 0 Å². The van der Waals surface area contributed by atoms with Gasteiger partial charge in [-0.1, -0.05) is 36.4 Å². The van der Waals surface area contributed by atoms with Crippen LogP contribution in [0.15, 0.2) is 79.3 Å². The molecule has 0 saturated carbocycles. The highest BCUT2D eigenvalue weighted by atomic mass is 19.1. The standard InChI is InChI=1S/C26H22FN5O/c1-32-15-22(29-16-32)11-12-28-26(33)20-4-2-3-19(13-20)17-5-7-18(8-6-17)25-30-23-10-9-21(27)14-24(23)31-25/h2-10,13-16H,11-12H2,1H3,(H,28,33)(H,30,31). The Labute approximate surface area is 190 Å². The lowest BCUT2D eigenvalue weighted by Crippen LogP contribution is -2.25. The van der Waals surface area contributed by atoms with Crippen LogP contribution in [0.4, 0.5) is 4.39 Å². The lowest BCUT2D eigenvalue weighted by molar-refractivity contribution is 0.0954. The van der Waals surface area contributed by atoms with E-state index in [4.69, 9.17) is 0 Å². The summed E-state index contributed by atoms with van der Waals surface area (Å²) in [6.45, 7) is 0.524. The van der Waals surface area contributed by atoms with Gasteiger partial charge >= 0.3 is 0 Å². The van der Waals surface area contributed by atoms with E-state index in [-0.39, 0.29) is 11.7 Å². The van der Waals surface area contributed by atoms with Gasteiger partial charge in [0, 0.05) is 37.3 Å². The summed E-state index contributed by atoms with van der Waals surface area (Å²) in [5, 5.41) is 2.96. The summed E-state index contributed by atoms with van der Waals surface area (Å²) in [6.07, 6.45) is 4.38. The minimum absolute atomic E-state index is 0.112. The van der Waals surface area contributed by atoms with Crippen LogP contribution in [0.1, 0.15) is 16.1 Å². The van der Waals surface area contributed by atoms with E-state index >= 15 is 0 Å². The van der Waals surface area contributed by atoms with Gasteiger partial charge in [0.2, 0.25) is 0 Å². The number of aromatic amines is 1. The first-order chi connectivity index (χ1) is 16.0. The number of carbonyl (C=O) groups excluding carboxylic acids is 1. The average molecular weight is 439 g/mol. The number of hydrogen-bond acceptors (Lipinski definition) is 3. The van der Waals surface area contributed by atoms with Crippen LogP contribution in [0.5, 0.6) is 0 Å². The fourth-order valence-electron chi connectivity index (χ4n) is 3.78. The van der Waals surface area contributed by atoms with Crippen LogP contribution < -0.4 is 5.32 Å². The maximum Gasteiger partial charge on any atom is 0.251 e. The zero-order valence-electron chi connectivity index (χ0n) is 18.0. The van der Waals surface area contributed by atoms with E-state index in [0.29, 0.717) is 29.9 Å². The molecule has 0 bridgehead atoms. The lowest BCUT2D eigenvalue weighted by atomic mass is 10.0. The number of carbonyl (C=O) groups is 1. The van der Waals surface area contributed by atoms with Gasteiger partial charge in [0.15, 0.2) is 0 Å². The molecular formula is C26H22FN5O. The predicted octanol–water partition coefficient (Wildman–Crippen LogP) is 4.74. The molecule has 33 heavy (non-hydrogen) atoms. The van der Waals surface area contributed by atoms with Gasteiger partial charge in [0.25, 0.3) is 5.91 Å². The second-order valence-corrected chi connectivity index (χ2v) is 7.94. The number of H-pyrrole nitrogens is 1. The van der Waals surface area contributed by atoms with Crippen molar-refractivity contribution in [2.75, 3.05) is 6.54 Å². The average Bonchev–Trinajstić information content (AvgIpc) is 3.44. The molecule has 5 aromatic rings. The van der Waals surface area contributed by atoms with Crippen LogP contribution in [0.3, 0.4) is 0 Å². The van der Waals surface area contributed by atoms with Crippen molar-refractivity contribution in [1.82, 2.24) is 24.8 Å². The summed E-state index contributed by atoms with van der Waals surface area (Å²) in [5.41, 5.74) is 5.78. The maximum atomic E-state index is 13.4. The van der Waals surface area contributed by atoms with Crippen LogP contribution >= 0.6 is 0 Å². The molecule has 0 fully saturated rings. The van der Waals surface area contributed by atoms with Crippen molar-refractivity contribution in [1.29, 1.82) is 0 Å². The lowest BCUT2D eigenvalue weighted by Gasteiger charge is -2.07. The fourth-order valence-corrected chi connectivity index (χ4v) is 3.78. The zero-order valence-corrected chi connectivity index (χ0v) is 18.0. The van der Waals surface area contributed by atoms with Gasteiger partial charge in [-0.25, -0.2) is 14.4 Å². The minimum atomic E-state index is -0.298. The van der Waals surface area contributed by atoms with Gasteiger partial charge in [0.1, 0.15) is 11.6 Å². The smallest absolute Gasteiger partial charge is 0.251 e. The first-order valence-electron chi connectivity index (χ1n) is 10.7. The summed E-state index contributed by atoms with van der Waals surface area (Å²) in [4.78, 5) is 24.6. The highest BCUT2D eigenvalue weighted by molar-refractivity contribution is 5.95. The summed E-state index contributed by atoms with van der Waals surface area (Å²) in [7, 11) is 1.92. The molecule has 7 heteroatoms. The topological polar surface area (TPSA) is 75.6 Å². The Morgan fingerprint density at radius 2 is 1.85 bits per heavy atom. The molecule has 0 aliphatic rings. The third-order valence-electron chi connectivity index (χ3n) is 5.49. The first kappa shape index (κ1) is 20.6. The van der Waals surface area contributed by atoms with Crippen LogP contribution in [-0.4, -0.2) is 32.0 Å². The van der Waals surface area contributed by atoms with E-state index in [1.54, 1.807) is 12.4 Å². The molecule has 0 aliphatic carbocycles. The number of nitrogens with zero attached hydrogens (tertiary/aromatic N) is 3. The highest BCUT2D eigenvalue weighted by Crippen LogP contribution is 2.26. The molecule has 6 nitrogen and oxygen atoms in total. The van der Waals surface area contributed by atoms with Gasteiger partial charge in [-0.3, -0.25) is 4.79 Å². The molecule has 164 valence electrons. The third-order valence-corrected chi connectivity index (χ3v) is 5.49. The van der Waals surface area contributed by atoms with Crippen molar-refractivity contribution in [3.8, 4) is 22.5 Å². The van der Waals surface area contributed by atoms with Crippen molar-refractivity contribution in [2.45, 2.75) is 6.42 Å². The van der Waals surface area contributed by atoms with E-state index in [9.17, 15) is 9.18 Å². The minimum Gasteiger partial charge on any atom is -0.352 e. The number of aryl methyl sites for hydroxylation is 1. The molecule has 3 aromatic carbocycles. The van der Waals surface area contributed by atoms with Crippen molar-refractivity contribution in [3.63, 3.8) is 0 Å². The number of fused-ring (bicyclic) bond motifs is 1. The highest BCUT2D eigenvalue weighted by Gasteiger charge is 2.09. The van der Waals surface area contributed by atoms with Crippen LogP contribution in [0, 0.1) is 5.82 Å². The summed E-state index contributed by atoms with van der Waals surface area (Å²) in [6, 6.07) is 19.9. The number of benzene rings is 3. The number of nitrogens with one attached hydrogen (secondary N) is 2. The van der Waals surface area contributed by atoms with Crippen molar-refractivity contribution in [2.24, 2.45) is 7.05 Å². The van der Waals surface area contributed by atoms with E-state index in [1.165, 1.54) is 12.1 Å². The Kier molecular flexibility index (Phi) is 5.44. The van der Waals surface area contributed by atoms with Crippen molar-refractivity contribution in [3.05, 3.63) is 96.3 Å². The van der Waals surface area contributed by atoms with Gasteiger partial charge in [-0.15, -0.1) is 0 Å². The van der Waals surface area contributed by atoms with Gasteiger partial charge in [-0.05, 0) is 41.5 Å². The Morgan fingerprint density at radius 1 is 1.03 bits per heavy atom. The van der Waals surface area contributed by atoms with Crippen molar-refractivity contribution >= 4 is 16.9 Å². The number of amides is 1. The summed E-state index contributed by atoms with van der Waals surface area (Å²) in [5.74, 6) is 0.274. The molecule has 0 spiro atoms. The number of imidazole rings is 2. The molecule has 5 rings (SSSR count). The molecule has 0 saturated heterocycles. The number of aromatic nitrogens is 4. The maximum absolute atomic E-state index is 13.4. The Hall–Kier alpha value is -4.26. The van der Waals surface area contributed by atoms with E-state index in [0.717, 1.165) is 27.9 Å². The van der Waals surface area contributed by atoms with Crippen molar-refractivity contribution < 1.29 is 9.18 Å². The largest absolute Gasteiger partial charge is 0.352 e. The Balaban J connectivity index is 1.29. The van der Waals surface area contributed by atoms with Crippen LogP contribution in [0.25, 0.3) is 33.5 Å². The van der Waals surface area contributed by atoms with Gasteiger partial charge in [0.05, 0.1) is 23.1 Å². The predicted molar refractivity (Wildman–Crippen MR) is 126 cm³/mol. The third kappa shape index (κ3) is 4.52. The molecule has 0 unspecified atom stereocenters. The van der Waals surface area contributed by atoms with Crippen LogP contribution in [-0.2, 0) is 13.5 Å². The van der Waals surface area contributed by atoms with Gasteiger partial charge < -0.3 is 14.9 Å². The molecule has 2 aromatic heterocycles. The quantitative estimate of drug-likeness (QED) is 0.401. The monoisotopic (exact) mass is 439 g/mol. The Morgan fingerprint density at radius 3 is 2.64 bits per heavy atom. The normalized spacial score (nSPS) is 11.1. The van der Waals surface area contributed by atoms with Gasteiger partial charge in [-0.2, -0.15) is 0 Å². The fraction of sp³-hybridized carbons (Fsp3) is 0.115. The zero-order chi connectivity index (χ0) is 22.8. The molecule has 0 aliphatic heterocycles. The molecule has 0 radical (unpaired) electrons.